The minimum absolute atomic E-state index is 0.0212. The summed E-state index contributed by atoms with van der Waals surface area (Å²) in [4.78, 5) is 41.7. The van der Waals surface area contributed by atoms with E-state index in [4.69, 9.17) is 0 Å². The Hall–Kier alpha value is -3.85. The fraction of sp³-hybridized carbons (Fsp3) is 0.472. The smallest absolute Gasteiger partial charge is 0.305 e. The Morgan fingerprint density at radius 1 is 0.978 bits per heavy atom. The SMILES string of the molecule is Cc1cc(=O)n(C(CC(C)C)C(=O)N[C@@H](CC(=O)O)c2cc(-c3c(C)cc(F)cc3C)cc(C)c2F)cc1CCN1CC(C)C1. The van der Waals surface area contributed by atoms with E-state index in [0.29, 0.717) is 34.6 Å². The molecule has 2 atom stereocenters. The number of aliphatic carboxylic acids is 1. The van der Waals surface area contributed by atoms with E-state index in [2.05, 4.69) is 17.1 Å². The Labute approximate surface area is 264 Å². The van der Waals surface area contributed by atoms with Gasteiger partial charge >= 0.3 is 5.97 Å². The Balaban J connectivity index is 1.71. The van der Waals surface area contributed by atoms with E-state index >= 15 is 4.39 Å². The summed E-state index contributed by atoms with van der Waals surface area (Å²) in [6, 6.07) is 5.37. The van der Waals surface area contributed by atoms with E-state index in [1.807, 2.05) is 20.8 Å². The molecular formula is C36H45F2N3O4. The van der Waals surface area contributed by atoms with Crippen LogP contribution in [0.2, 0.25) is 0 Å². The molecule has 3 aromatic rings. The first-order valence-electron chi connectivity index (χ1n) is 15.7. The molecule has 0 radical (unpaired) electrons. The summed E-state index contributed by atoms with van der Waals surface area (Å²) in [5.41, 5.74) is 4.41. The number of amides is 1. The van der Waals surface area contributed by atoms with Gasteiger partial charge in [-0.05, 0) is 116 Å². The fourth-order valence-corrected chi connectivity index (χ4v) is 6.52. The van der Waals surface area contributed by atoms with Crippen molar-refractivity contribution in [3.8, 4) is 11.1 Å². The third kappa shape index (κ3) is 8.06. The number of nitrogens with one attached hydrogen (secondary N) is 1. The number of halogens is 2. The summed E-state index contributed by atoms with van der Waals surface area (Å²) < 4.78 is 31.3. The first kappa shape index (κ1) is 34.0. The molecule has 2 heterocycles. The standard InChI is InChI=1S/C36H45F2N3O4/c1-20(2)10-31(41-19-26(22(4)14-32(41)42)8-9-40-17-21(3)18-40)36(45)39-30(16-33(43)44)29-15-27(11-25(7)35(29)38)34-23(5)12-28(37)13-24(34)6/h11-15,19-21,30-31H,8-10,16-18H2,1-7H3,(H,39,45)(H,43,44)/t30-,31?/m0/s1. The van der Waals surface area contributed by atoms with Crippen LogP contribution >= 0.6 is 0 Å². The summed E-state index contributed by atoms with van der Waals surface area (Å²) >= 11 is 0. The lowest BCUT2D eigenvalue weighted by Gasteiger charge is -2.37. The number of rotatable bonds is 12. The third-order valence-electron chi connectivity index (χ3n) is 8.71. The lowest BCUT2D eigenvalue weighted by Crippen LogP contribution is -2.46. The Morgan fingerprint density at radius 3 is 2.20 bits per heavy atom. The molecule has 0 bridgehead atoms. The number of hydrogen-bond acceptors (Lipinski definition) is 4. The monoisotopic (exact) mass is 621 g/mol. The van der Waals surface area contributed by atoms with E-state index in [0.717, 1.165) is 37.2 Å². The van der Waals surface area contributed by atoms with Crippen LogP contribution in [0, 0.1) is 51.2 Å². The molecule has 242 valence electrons. The van der Waals surface area contributed by atoms with Gasteiger partial charge in [0.15, 0.2) is 0 Å². The van der Waals surface area contributed by atoms with Crippen molar-refractivity contribution in [3.63, 3.8) is 0 Å². The topological polar surface area (TPSA) is 91.6 Å². The summed E-state index contributed by atoms with van der Waals surface area (Å²) in [7, 11) is 0. The molecule has 0 saturated carbocycles. The lowest BCUT2D eigenvalue weighted by atomic mass is 9.90. The minimum Gasteiger partial charge on any atom is -0.481 e. The number of likely N-dealkylation sites (tertiary alicyclic amines) is 1. The molecule has 1 aromatic heterocycles. The maximum Gasteiger partial charge on any atom is 0.305 e. The van der Waals surface area contributed by atoms with Crippen LogP contribution < -0.4 is 10.9 Å². The number of carboxylic acid groups (broad SMARTS) is 1. The quantitative estimate of drug-likeness (QED) is 0.243. The molecule has 1 fully saturated rings. The number of aromatic nitrogens is 1. The van der Waals surface area contributed by atoms with Crippen molar-refractivity contribution in [3.05, 3.63) is 91.9 Å². The molecule has 1 unspecified atom stereocenters. The van der Waals surface area contributed by atoms with Crippen LogP contribution in [0.15, 0.2) is 41.3 Å². The maximum atomic E-state index is 15.8. The van der Waals surface area contributed by atoms with Crippen molar-refractivity contribution in [2.75, 3.05) is 19.6 Å². The van der Waals surface area contributed by atoms with Crippen molar-refractivity contribution in [1.82, 2.24) is 14.8 Å². The fourth-order valence-electron chi connectivity index (χ4n) is 6.52. The average Bonchev–Trinajstić information content (AvgIpc) is 2.90. The van der Waals surface area contributed by atoms with Gasteiger partial charge in [-0.25, -0.2) is 8.78 Å². The number of nitrogens with zero attached hydrogens (tertiary/aromatic N) is 2. The normalized spacial score (nSPS) is 15.2. The number of hydrogen-bond donors (Lipinski definition) is 2. The van der Waals surface area contributed by atoms with Crippen LogP contribution in [-0.2, 0) is 16.0 Å². The number of pyridine rings is 1. The van der Waals surface area contributed by atoms with Gasteiger partial charge in [-0.1, -0.05) is 20.8 Å². The van der Waals surface area contributed by atoms with Crippen molar-refractivity contribution >= 4 is 11.9 Å². The zero-order chi connectivity index (χ0) is 33.2. The van der Waals surface area contributed by atoms with Crippen molar-refractivity contribution in [2.24, 2.45) is 11.8 Å². The van der Waals surface area contributed by atoms with Crippen molar-refractivity contribution in [2.45, 2.75) is 79.8 Å². The largest absolute Gasteiger partial charge is 0.481 e. The number of aryl methyl sites for hydroxylation is 4. The van der Waals surface area contributed by atoms with E-state index in [-0.39, 0.29) is 28.4 Å². The number of carbonyl (C=O) groups excluding carboxylic acids is 1. The predicted molar refractivity (Wildman–Crippen MR) is 172 cm³/mol. The van der Waals surface area contributed by atoms with Crippen LogP contribution in [0.1, 0.15) is 79.1 Å². The van der Waals surface area contributed by atoms with Crippen LogP contribution in [0.5, 0.6) is 0 Å². The summed E-state index contributed by atoms with van der Waals surface area (Å²) in [5.74, 6) is -2.07. The van der Waals surface area contributed by atoms with Crippen LogP contribution in [0.4, 0.5) is 8.78 Å². The highest BCUT2D eigenvalue weighted by Gasteiger charge is 2.30. The van der Waals surface area contributed by atoms with E-state index in [1.165, 1.54) is 22.8 Å². The zero-order valence-electron chi connectivity index (χ0n) is 27.3. The van der Waals surface area contributed by atoms with Crippen LogP contribution in [-0.4, -0.2) is 46.1 Å². The molecule has 7 nitrogen and oxygen atoms in total. The van der Waals surface area contributed by atoms with Gasteiger partial charge in [0, 0.05) is 37.5 Å². The molecule has 1 aliphatic heterocycles. The highest BCUT2D eigenvalue weighted by atomic mass is 19.1. The van der Waals surface area contributed by atoms with Crippen molar-refractivity contribution < 1.29 is 23.5 Å². The van der Waals surface area contributed by atoms with Gasteiger partial charge in [-0.3, -0.25) is 14.4 Å². The maximum absolute atomic E-state index is 15.8. The Morgan fingerprint density at radius 2 is 1.62 bits per heavy atom. The Bertz CT molecular complexity index is 1620. The number of benzene rings is 2. The predicted octanol–water partition coefficient (Wildman–Crippen LogP) is 6.44. The zero-order valence-corrected chi connectivity index (χ0v) is 27.3. The van der Waals surface area contributed by atoms with Gasteiger partial charge < -0.3 is 19.9 Å². The van der Waals surface area contributed by atoms with Gasteiger partial charge in [-0.2, -0.15) is 0 Å². The van der Waals surface area contributed by atoms with E-state index in [1.54, 1.807) is 39.1 Å². The third-order valence-corrected chi connectivity index (χ3v) is 8.71. The molecule has 2 aromatic carbocycles. The second-order valence-corrected chi connectivity index (χ2v) is 13.3. The minimum atomic E-state index is -1.22. The molecule has 45 heavy (non-hydrogen) atoms. The first-order chi connectivity index (χ1) is 21.1. The molecule has 1 amide bonds. The highest BCUT2D eigenvalue weighted by Crippen LogP contribution is 2.34. The van der Waals surface area contributed by atoms with E-state index in [9.17, 15) is 23.9 Å². The molecule has 0 aliphatic carbocycles. The second-order valence-electron chi connectivity index (χ2n) is 13.3. The van der Waals surface area contributed by atoms with E-state index < -0.39 is 36.2 Å². The first-order valence-corrected chi connectivity index (χ1v) is 15.7. The molecule has 4 rings (SSSR count). The average molecular weight is 622 g/mol. The lowest BCUT2D eigenvalue weighted by molar-refractivity contribution is -0.138. The van der Waals surface area contributed by atoms with Gasteiger partial charge in [0.05, 0.1) is 12.5 Å². The van der Waals surface area contributed by atoms with Crippen LogP contribution in [0.25, 0.3) is 11.1 Å². The van der Waals surface area contributed by atoms with Gasteiger partial charge in [0.2, 0.25) is 5.91 Å². The van der Waals surface area contributed by atoms with Crippen molar-refractivity contribution in [1.29, 1.82) is 0 Å². The Kier molecular flexibility index (Phi) is 10.6. The summed E-state index contributed by atoms with van der Waals surface area (Å²) in [6.07, 6.45) is 2.25. The molecule has 9 heteroatoms. The van der Waals surface area contributed by atoms with Gasteiger partial charge in [0.1, 0.15) is 17.7 Å². The summed E-state index contributed by atoms with van der Waals surface area (Å²) in [5, 5.41) is 12.6. The molecule has 0 spiro atoms. The van der Waals surface area contributed by atoms with Crippen LogP contribution in [0.3, 0.4) is 0 Å². The highest BCUT2D eigenvalue weighted by molar-refractivity contribution is 5.82. The molecule has 2 N–H and O–H groups in total. The van der Waals surface area contributed by atoms with Gasteiger partial charge in [0.25, 0.3) is 5.56 Å². The second kappa shape index (κ2) is 14.1. The molecule has 1 saturated heterocycles. The summed E-state index contributed by atoms with van der Waals surface area (Å²) in [6.45, 7) is 16.0. The van der Waals surface area contributed by atoms with Gasteiger partial charge in [-0.15, -0.1) is 0 Å². The number of carboxylic acids is 1. The molecular weight excluding hydrogens is 576 g/mol. The number of carbonyl (C=O) groups is 2. The molecule has 1 aliphatic rings.